The Hall–Kier alpha value is -1.55. The number of carbonyl (C=O) groups is 2. The average molecular weight is 283 g/mol. The number of benzene rings is 1. The minimum Gasteiger partial charge on any atom is -0.345 e. The van der Waals surface area contributed by atoms with Crippen LogP contribution in [-0.4, -0.2) is 23.7 Å². The molecule has 1 aromatic rings. The number of nitrogens with one attached hydrogen (secondary N) is 2. The summed E-state index contributed by atoms with van der Waals surface area (Å²) in [6.07, 6.45) is 0. The van der Waals surface area contributed by atoms with Crippen molar-refractivity contribution in [3.05, 3.63) is 35.9 Å². The van der Waals surface area contributed by atoms with E-state index in [1.807, 2.05) is 44.2 Å². The van der Waals surface area contributed by atoms with Crippen LogP contribution in [0.5, 0.6) is 0 Å². The fraction of sp³-hybridized carbons (Fsp3) is 0.429. The van der Waals surface area contributed by atoms with Gasteiger partial charge >= 0.3 is 0 Å². The molecule has 19 heavy (non-hydrogen) atoms. The van der Waals surface area contributed by atoms with E-state index in [1.165, 1.54) is 0 Å². The first-order chi connectivity index (χ1) is 8.86. The van der Waals surface area contributed by atoms with Crippen LogP contribution in [0, 0.1) is 0 Å². The first-order valence-electron chi connectivity index (χ1n) is 6.09. The van der Waals surface area contributed by atoms with E-state index in [2.05, 4.69) is 10.6 Å². The fourth-order valence-electron chi connectivity index (χ4n) is 1.69. The first kappa shape index (κ1) is 15.5. The molecule has 104 valence electrons. The SMILES string of the molecule is CC(NC(=O)CCl)C(=O)NC(C)(C)c1ccccc1. The molecule has 0 heterocycles. The first-order valence-corrected chi connectivity index (χ1v) is 6.63. The maximum absolute atomic E-state index is 12.0. The quantitative estimate of drug-likeness (QED) is 0.809. The molecule has 1 aromatic carbocycles. The van der Waals surface area contributed by atoms with Gasteiger partial charge in [-0.15, -0.1) is 11.6 Å². The van der Waals surface area contributed by atoms with Crippen molar-refractivity contribution in [1.82, 2.24) is 10.6 Å². The van der Waals surface area contributed by atoms with Crippen molar-refractivity contribution in [2.24, 2.45) is 0 Å². The van der Waals surface area contributed by atoms with Gasteiger partial charge < -0.3 is 10.6 Å². The monoisotopic (exact) mass is 282 g/mol. The Morgan fingerprint density at radius 2 is 1.84 bits per heavy atom. The van der Waals surface area contributed by atoms with E-state index in [0.29, 0.717) is 0 Å². The van der Waals surface area contributed by atoms with Crippen molar-refractivity contribution >= 4 is 23.4 Å². The van der Waals surface area contributed by atoms with Gasteiger partial charge in [-0.3, -0.25) is 9.59 Å². The number of hydrogen-bond donors (Lipinski definition) is 2. The second kappa shape index (κ2) is 6.57. The van der Waals surface area contributed by atoms with Crippen molar-refractivity contribution in [3.8, 4) is 0 Å². The number of rotatable bonds is 5. The predicted molar refractivity (Wildman–Crippen MR) is 75.9 cm³/mol. The summed E-state index contributed by atoms with van der Waals surface area (Å²) in [6.45, 7) is 5.45. The van der Waals surface area contributed by atoms with Crippen molar-refractivity contribution in [2.45, 2.75) is 32.4 Å². The van der Waals surface area contributed by atoms with Gasteiger partial charge in [0.05, 0.1) is 5.54 Å². The number of amides is 2. The second-order valence-electron chi connectivity index (χ2n) is 4.90. The van der Waals surface area contributed by atoms with E-state index in [-0.39, 0.29) is 17.7 Å². The van der Waals surface area contributed by atoms with E-state index in [0.717, 1.165) is 5.56 Å². The lowest BCUT2D eigenvalue weighted by Gasteiger charge is -2.28. The molecule has 2 amide bonds. The topological polar surface area (TPSA) is 58.2 Å². The molecule has 0 aliphatic heterocycles. The third-order valence-corrected chi connectivity index (χ3v) is 3.07. The van der Waals surface area contributed by atoms with Crippen LogP contribution >= 0.6 is 11.6 Å². The third kappa shape index (κ3) is 4.56. The van der Waals surface area contributed by atoms with Crippen molar-refractivity contribution in [3.63, 3.8) is 0 Å². The minimum absolute atomic E-state index is 0.153. The van der Waals surface area contributed by atoms with Gasteiger partial charge in [0.15, 0.2) is 0 Å². The van der Waals surface area contributed by atoms with Gasteiger partial charge in [0, 0.05) is 0 Å². The molecule has 1 rings (SSSR count). The van der Waals surface area contributed by atoms with Crippen LogP contribution in [-0.2, 0) is 15.1 Å². The van der Waals surface area contributed by atoms with E-state index < -0.39 is 11.6 Å². The summed E-state index contributed by atoms with van der Waals surface area (Å²) in [5, 5.41) is 5.43. The van der Waals surface area contributed by atoms with Crippen LogP contribution in [0.4, 0.5) is 0 Å². The van der Waals surface area contributed by atoms with Crippen molar-refractivity contribution in [1.29, 1.82) is 0 Å². The van der Waals surface area contributed by atoms with Gasteiger partial charge in [-0.1, -0.05) is 30.3 Å². The van der Waals surface area contributed by atoms with Gasteiger partial charge in [0.1, 0.15) is 11.9 Å². The Balaban J connectivity index is 2.68. The van der Waals surface area contributed by atoms with Crippen LogP contribution in [0.2, 0.25) is 0 Å². The molecule has 0 aliphatic rings. The van der Waals surface area contributed by atoms with Gasteiger partial charge in [0.2, 0.25) is 11.8 Å². The Morgan fingerprint density at radius 3 is 2.37 bits per heavy atom. The predicted octanol–water partition coefficient (Wildman–Crippen LogP) is 1.78. The van der Waals surface area contributed by atoms with Gasteiger partial charge in [-0.25, -0.2) is 0 Å². The van der Waals surface area contributed by atoms with E-state index >= 15 is 0 Å². The second-order valence-corrected chi connectivity index (χ2v) is 5.17. The highest BCUT2D eigenvalue weighted by atomic mass is 35.5. The van der Waals surface area contributed by atoms with Crippen LogP contribution in [0.25, 0.3) is 0 Å². The fourth-order valence-corrected chi connectivity index (χ4v) is 1.77. The zero-order valence-electron chi connectivity index (χ0n) is 11.4. The smallest absolute Gasteiger partial charge is 0.242 e. The normalized spacial score (nSPS) is 12.6. The van der Waals surface area contributed by atoms with Gasteiger partial charge in [-0.05, 0) is 26.3 Å². The molecule has 2 N–H and O–H groups in total. The molecule has 0 fully saturated rings. The third-order valence-electron chi connectivity index (χ3n) is 2.82. The summed E-state index contributed by atoms with van der Waals surface area (Å²) in [4.78, 5) is 23.2. The maximum Gasteiger partial charge on any atom is 0.242 e. The zero-order valence-corrected chi connectivity index (χ0v) is 12.1. The number of halogens is 1. The molecule has 0 radical (unpaired) electrons. The molecule has 0 saturated carbocycles. The lowest BCUT2D eigenvalue weighted by molar-refractivity contribution is -0.128. The van der Waals surface area contributed by atoms with Crippen LogP contribution in [0.3, 0.4) is 0 Å². The summed E-state index contributed by atoms with van der Waals surface area (Å²) < 4.78 is 0. The van der Waals surface area contributed by atoms with E-state index in [1.54, 1.807) is 6.92 Å². The Bertz CT molecular complexity index is 446. The Labute approximate surface area is 118 Å². The molecule has 5 heteroatoms. The molecule has 0 aliphatic carbocycles. The highest BCUT2D eigenvalue weighted by Gasteiger charge is 2.25. The minimum atomic E-state index is -0.616. The van der Waals surface area contributed by atoms with Crippen LogP contribution in [0.1, 0.15) is 26.3 Å². The van der Waals surface area contributed by atoms with E-state index in [9.17, 15) is 9.59 Å². The number of carbonyl (C=O) groups excluding carboxylic acids is 2. The van der Waals surface area contributed by atoms with Gasteiger partial charge in [0.25, 0.3) is 0 Å². The van der Waals surface area contributed by atoms with Crippen LogP contribution in [0.15, 0.2) is 30.3 Å². The molecule has 0 spiro atoms. The Kier molecular flexibility index (Phi) is 5.36. The number of hydrogen-bond acceptors (Lipinski definition) is 2. The molecular formula is C14H19ClN2O2. The zero-order chi connectivity index (χ0) is 14.5. The Morgan fingerprint density at radius 1 is 1.26 bits per heavy atom. The molecule has 0 aromatic heterocycles. The molecule has 1 unspecified atom stereocenters. The van der Waals surface area contributed by atoms with Gasteiger partial charge in [-0.2, -0.15) is 0 Å². The molecular weight excluding hydrogens is 264 g/mol. The largest absolute Gasteiger partial charge is 0.345 e. The van der Waals surface area contributed by atoms with Crippen LogP contribution < -0.4 is 10.6 Å². The summed E-state index contributed by atoms with van der Waals surface area (Å²) in [7, 11) is 0. The molecule has 1 atom stereocenters. The lowest BCUT2D eigenvalue weighted by Crippen LogP contribution is -2.51. The van der Waals surface area contributed by atoms with Crippen molar-refractivity contribution < 1.29 is 9.59 Å². The molecule has 0 bridgehead atoms. The maximum atomic E-state index is 12.0. The summed E-state index contributed by atoms with van der Waals surface area (Å²) >= 11 is 5.39. The highest BCUT2D eigenvalue weighted by molar-refractivity contribution is 6.27. The van der Waals surface area contributed by atoms with E-state index in [4.69, 9.17) is 11.6 Å². The summed E-state index contributed by atoms with van der Waals surface area (Å²) in [5.41, 5.74) is 0.498. The standard InChI is InChI=1S/C14H19ClN2O2/c1-10(16-12(18)9-15)13(19)17-14(2,3)11-7-5-4-6-8-11/h4-8,10H,9H2,1-3H3,(H,16,18)(H,17,19). The summed E-state index contributed by atoms with van der Waals surface area (Å²) in [6, 6.07) is 9.04. The molecule has 0 saturated heterocycles. The lowest BCUT2D eigenvalue weighted by atomic mass is 9.94. The average Bonchev–Trinajstić information content (AvgIpc) is 2.39. The highest BCUT2D eigenvalue weighted by Crippen LogP contribution is 2.19. The number of alkyl halides is 1. The summed E-state index contributed by atoms with van der Waals surface area (Å²) in [5.74, 6) is -0.756. The molecule has 4 nitrogen and oxygen atoms in total. The van der Waals surface area contributed by atoms with Crippen molar-refractivity contribution in [2.75, 3.05) is 5.88 Å².